The van der Waals surface area contributed by atoms with E-state index in [1.54, 1.807) is 34.6 Å². The molecule has 3 aliphatic carbocycles. The fourth-order valence-electron chi connectivity index (χ4n) is 8.80. The number of carbonyl (C=O) groups is 5. The molecule has 11 atom stereocenters. The molecule has 13 nitrogen and oxygen atoms in total. The topological polar surface area (TPSA) is 198 Å². The zero-order valence-electron chi connectivity index (χ0n) is 25.1. The van der Waals surface area contributed by atoms with Crippen LogP contribution in [0.3, 0.4) is 0 Å². The molecule has 43 heavy (non-hydrogen) atoms. The van der Waals surface area contributed by atoms with Crippen molar-refractivity contribution in [1.29, 1.82) is 0 Å². The van der Waals surface area contributed by atoms with Crippen molar-refractivity contribution in [3.63, 3.8) is 0 Å². The fraction of sp³-hybridized carbons (Fsp3) is 0.700. The van der Waals surface area contributed by atoms with Crippen LogP contribution >= 0.6 is 0 Å². The molecule has 2 heterocycles. The summed E-state index contributed by atoms with van der Waals surface area (Å²) in [4.78, 5) is 65.9. The zero-order valence-corrected chi connectivity index (χ0v) is 25.1. The molecular weight excluding hydrogens is 566 g/mol. The van der Waals surface area contributed by atoms with E-state index in [0.29, 0.717) is 11.1 Å². The van der Waals surface area contributed by atoms with E-state index in [9.17, 15) is 34.2 Å². The Morgan fingerprint density at radius 2 is 1.86 bits per heavy atom. The molecule has 0 aromatic carbocycles. The molecule has 2 aliphatic heterocycles. The normalized spacial score (nSPS) is 41.7. The number of aliphatic hydroxyl groups is 2. The number of aliphatic hydroxyl groups excluding tert-OH is 2. The molecule has 5 rings (SSSR count). The van der Waals surface area contributed by atoms with Crippen molar-refractivity contribution < 1.29 is 57.9 Å². The third kappa shape index (κ3) is 4.30. The molecule has 0 amide bonds. The number of ether oxygens (including phenoxy) is 5. The summed E-state index contributed by atoms with van der Waals surface area (Å²) in [7, 11) is 1.08. The van der Waals surface area contributed by atoms with Gasteiger partial charge in [0.2, 0.25) is 11.7 Å². The van der Waals surface area contributed by atoms with Gasteiger partial charge in [-0.3, -0.25) is 9.59 Å². The molecule has 0 radical (unpaired) electrons. The molecule has 2 bridgehead atoms. The highest BCUT2D eigenvalue weighted by Gasteiger charge is 2.85. The quantitative estimate of drug-likeness (QED) is 0.212. The van der Waals surface area contributed by atoms with Crippen LogP contribution in [0.25, 0.3) is 0 Å². The molecule has 236 valence electrons. The lowest BCUT2D eigenvalue weighted by Gasteiger charge is -2.67. The lowest BCUT2D eigenvalue weighted by Crippen LogP contribution is -2.79. The second kappa shape index (κ2) is 10.5. The Bertz CT molecular complexity index is 1330. The van der Waals surface area contributed by atoms with Gasteiger partial charge in [-0.25, -0.2) is 14.4 Å². The number of Topliss-reactive ketones (excluding diaryl/α,β-unsaturated/α-hetero) is 1. The minimum atomic E-state index is -2.26. The average molecular weight is 606 g/mol. The first kappa shape index (κ1) is 31.3. The van der Waals surface area contributed by atoms with Crippen LogP contribution in [0.1, 0.15) is 53.9 Å². The first-order chi connectivity index (χ1) is 20.1. The maximum absolute atomic E-state index is 13.6. The molecule has 0 aromatic rings. The van der Waals surface area contributed by atoms with Crippen molar-refractivity contribution >= 4 is 29.7 Å². The average Bonchev–Trinajstić information content (AvgIpc) is 3.21. The maximum Gasteiger partial charge on any atom is 0.348 e. The molecule has 4 N–H and O–H groups in total. The van der Waals surface area contributed by atoms with Gasteiger partial charge in [-0.2, -0.15) is 0 Å². The highest BCUT2D eigenvalue weighted by molar-refractivity contribution is 5.98. The second-order valence-electron chi connectivity index (χ2n) is 13.1. The van der Waals surface area contributed by atoms with Crippen molar-refractivity contribution in [2.75, 3.05) is 13.7 Å². The predicted octanol–water partition coefficient (Wildman–Crippen LogP) is 0.240. The number of methoxy groups -OCH3 is 1. The van der Waals surface area contributed by atoms with E-state index in [1.165, 1.54) is 6.08 Å². The van der Waals surface area contributed by atoms with E-state index in [2.05, 4.69) is 0 Å². The summed E-state index contributed by atoms with van der Waals surface area (Å²) in [6, 6.07) is -0.486. The first-order valence-corrected chi connectivity index (χ1v) is 14.4. The summed E-state index contributed by atoms with van der Waals surface area (Å²) in [6.07, 6.45) is -5.21. The molecule has 0 unspecified atom stereocenters. The number of hydrogen-bond donors (Lipinski definition) is 3. The van der Waals surface area contributed by atoms with Gasteiger partial charge in [-0.1, -0.05) is 12.5 Å². The van der Waals surface area contributed by atoms with Crippen LogP contribution in [0.2, 0.25) is 0 Å². The van der Waals surface area contributed by atoms with E-state index < -0.39 is 94.3 Å². The van der Waals surface area contributed by atoms with Crippen molar-refractivity contribution in [2.45, 2.75) is 89.9 Å². The van der Waals surface area contributed by atoms with Gasteiger partial charge < -0.3 is 39.6 Å². The van der Waals surface area contributed by atoms with Crippen molar-refractivity contribution in [3.05, 3.63) is 23.0 Å². The largest absolute Gasteiger partial charge is 0.467 e. The van der Waals surface area contributed by atoms with Gasteiger partial charge in [-0.15, -0.1) is 0 Å². The van der Waals surface area contributed by atoms with Crippen LogP contribution < -0.4 is 5.73 Å². The van der Waals surface area contributed by atoms with Crippen molar-refractivity contribution in [1.82, 2.24) is 0 Å². The standard InChI is InChI=1S/C30H39NO12/c1-12(2)7-18(33)43-22-24-29-11-40-30(24,27(38)39-6)25(36)20(35)23(29)28(5)10-16(32)21(42-19(34)8-13(3)31)14(4)15(28)9-17(29)41-26(22)37/h7,13,15,17,20,22-25,35-36H,8-11,31H2,1-6H3/t13-,15+,17-,20-,22-,23-,24-,25+,28+,29-,30+/m1/s1. The van der Waals surface area contributed by atoms with Gasteiger partial charge in [-0.05, 0) is 51.0 Å². The number of esters is 4. The van der Waals surface area contributed by atoms with Crippen molar-refractivity contribution in [2.24, 2.45) is 34.3 Å². The van der Waals surface area contributed by atoms with Gasteiger partial charge in [0, 0.05) is 29.9 Å². The molecule has 5 aliphatic rings. The van der Waals surface area contributed by atoms with Gasteiger partial charge >= 0.3 is 23.9 Å². The lowest BCUT2D eigenvalue weighted by atomic mass is 9.38. The highest BCUT2D eigenvalue weighted by Crippen LogP contribution is 2.72. The summed E-state index contributed by atoms with van der Waals surface area (Å²) < 4.78 is 28.2. The van der Waals surface area contributed by atoms with Gasteiger partial charge in [0.15, 0.2) is 11.5 Å². The third-order valence-electron chi connectivity index (χ3n) is 10.2. The van der Waals surface area contributed by atoms with Gasteiger partial charge in [0.05, 0.1) is 32.2 Å². The van der Waals surface area contributed by atoms with Crippen LogP contribution in [-0.4, -0.2) is 89.6 Å². The number of carbonyl (C=O) groups excluding carboxylic acids is 5. The monoisotopic (exact) mass is 605 g/mol. The van der Waals surface area contributed by atoms with Crippen LogP contribution in [0, 0.1) is 28.6 Å². The summed E-state index contributed by atoms with van der Waals surface area (Å²) in [5, 5.41) is 23.5. The van der Waals surface area contributed by atoms with Crippen LogP contribution in [0.5, 0.6) is 0 Å². The second-order valence-corrected chi connectivity index (χ2v) is 13.1. The van der Waals surface area contributed by atoms with E-state index >= 15 is 0 Å². The Morgan fingerprint density at radius 3 is 2.47 bits per heavy atom. The molecule has 2 saturated carbocycles. The van der Waals surface area contributed by atoms with Crippen LogP contribution in [0.15, 0.2) is 23.0 Å². The molecule has 2 saturated heterocycles. The number of nitrogens with two attached hydrogens (primary N) is 1. The molecule has 13 heteroatoms. The Labute approximate surface area is 248 Å². The molecular formula is C30H39NO12. The predicted molar refractivity (Wildman–Crippen MR) is 144 cm³/mol. The first-order valence-electron chi connectivity index (χ1n) is 14.4. The minimum absolute atomic E-state index is 0.107. The Morgan fingerprint density at radius 1 is 1.19 bits per heavy atom. The van der Waals surface area contributed by atoms with E-state index in [0.717, 1.165) is 7.11 Å². The molecule has 4 fully saturated rings. The number of rotatable bonds is 6. The molecule has 0 aromatic heterocycles. The summed E-state index contributed by atoms with van der Waals surface area (Å²) >= 11 is 0. The zero-order chi connectivity index (χ0) is 31.8. The summed E-state index contributed by atoms with van der Waals surface area (Å²) in [6.45, 7) is 8.13. The van der Waals surface area contributed by atoms with E-state index in [4.69, 9.17) is 29.4 Å². The SMILES string of the molecule is COC(=O)[C@@]12OC[C@]34[C@H]([C@@H](O)[C@@H]1O)[C@@]1(C)CC(=O)C(OC(=O)C[C@@H](C)N)=C(C)[C@@H]1C[C@H]3OC(=O)[C@H](OC(=O)C=C(C)C)[C@@H]24. The maximum atomic E-state index is 13.6. The third-order valence-corrected chi connectivity index (χ3v) is 10.2. The van der Waals surface area contributed by atoms with Crippen LogP contribution in [-0.2, 0) is 47.7 Å². The van der Waals surface area contributed by atoms with Gasteiger partial charge in [0.25, 0.3) is 0 Å². The number of hydrogen-bond acceptors (Lipinski definition) is 13. The smallest absolute Gasteiger partial charge is 0.348 e. The summed E-state index contributed by atoms with van der Waals surface area (Å²) in [5.74, 6) is -6.95. The van der Waals surface area contributed by atoms with Gasteiger partial charge in [0.1, 0.15) is 12.2 Å². The molecule has 1 spiro atoms. The van der Waals surface area contributed by atoms with Crippen LogP contribution in [0.4, 0.5) is 0 Å². The Kier molecular flexibility index (Phi) is 7.64. The Hall–Kier alpha value is -3.13. The van der Waals surface area contributed by atoms with E-state index in [-0.39, 0.29) is 31.6 Å². The fourth-order valence-corrected chi connectivity index (χ4v) is 8.80. The lowest BCUT2D eigenvalue weighted by molar-refractivity contribution is -0.290. The van der Waals surface area contributed by atoms with Crippen molar-refractivity contribution in [3.8, 4) is 0 Å². The highest BCUT2D eigenvalue weighted by atomic mass is 16.6. The number of fused-ring (bicyclic) bond motifs is 2. The summed E-state index contributed by atoms with van der Waals surface area (Å²) in [5.41, 5.74) is 2.06. The number of allylic oxidation sites excluding steroid dienone is 3. The minimum Gasteiger partial charge on any atom is -0.467 e. The Balaban J connectivity index is 1.67. The number of ketones is 1. The van der Waals surface area contributed by atoms with E-state index in [1.807, 2.05) is 0 Å².